The summed E-state index contributed by atoms with van der Waals surface area (Å²) in [6, 6.07) is 11.5. The van der Waals surface area contributed by atoms with E-state index in [1.54, 1.807) is 6.92 Å². The highest BCUT2D eigenvalue weighted by molar-refractivity contribution is 5.95. The van der Waals surface area contributed by atoms with Gasteiger partial charge in [-0.05, 0) is 19.4 Å². The maximum atomic E-state index is 11.5. The molecule has 2 aromatic heterocycles. The summed E-state index contributed by atoms with van der Waals surface area (Å²) in [7, 11) is 1.89. The molecule has 2 heterocycles. The number of hydrogen-bond donors (Lipinski definition) is 1. The average molecular weight is 311 g/mol. The summed E-state index contributed by atoms with van der Waals surface area (Å²) in [5.41, 5.74) is 1.46. The minimum Gasteiger partial charge on any atom is -0.478 e. The number of fused-ring (bicyclic) bond motifs is 1. The largest absolute Gasteiger partial charge is 0.478 e. The molecule has 0 aliphatic carbocycles. The predicted molar refractivity (Wildman–Crippen MR) is 85.7 cm³/mol. The molecule has 7 heteroatoms. The molecule has 0 amide bonds. The Hall–Kier alpha value is -2.96. The quantitative estimate of drug-likeness (QED) is 0.796. The van der Waals surface area contributed by atoms with E-state index in [2.05, 4.69) is 15.3 Å². The van der Waals surface area contributed by atoms with Crippen LogP contribution < -0.4 is 4.90 Å². The first-order chi connectivity index (χ1) is 11.0. The number of hydrogen-bond acceptors (Lipinski definition) is 5. The first-order valence-electron chi connectivity index (χ1n) is 7.23. The number of carboxylic acid groups (broad SMARTS) is 1. The van der Waals surface area contributed by atoms with Crippen molar-refractivity contribution in [2.24, 2.45) is 0 Å². The topological polar surface area (TPSA) is 83.6 Å². The van der Waals surface area contributed by atoms with Gasteiger partial charge in [0.05, 0.1) is 6.04 Å². The number of carbonyl (C=O) groups is 1. The van der Waals surface area contributed by atoms with Gasteiger partial charge in [0.15, 0.2) is 17.3 Å². The molecule has 0 aliphatic heterocycles. The van der Waals surface area contributed by atoms with Gasteiger partial charge in [-0.1, -0.05) is 30.3 Å². The number of rotatable bonds is 4. The summed E-state index contributed by atoms with van der Waals surface area (Å²) in [4.78, 5) is 13.4. The lowest BCUT2D eigenvalue weighted by atomic mass is 10.1. The van der Waals surface area contributed by atoms with Crippen LogP contribution in [-0.4, -0.2) is 37.9 Å². The molecule has 0 aliphatic rings. The minimum absolute atomic E-state index is 0.0413. The third kappa shape index (κ3) is 2.61. The third-order valence-electron chi connectivity index (χ3n) is 3.97. The van der Waals surface area contributed by atoms with Crippen molar-refractivity contribution in [1.29, 1.82) is 0 Å². The molecule has 0 saturated heterocycles. The molecule has 1 N–H and O–H groups in total. The van der Waals surface area contributed by atoms with Crippen LogP contribution in [0, 0.1) is 6.92 Å². The van der Waals surface area contributed by atoms with Crippen LogP contribution in [0.4, 0.5) is 5.82 Å². The van der Waals surface area contributed by atoms with Crippen molar-refractivity contribution in [2.75, 3.05) is 11.9 Å². The van der Waals surface area contributed by atoms with Crippen LogP contribution in [0.3, 0.4) is 0 Å². The maximum Gasteiger partial charge on any atom is 0.339 e. The van der Waals surface area contributed by atoms with E-state index in [1.807, 2.05) is 49.2 Å². The summed E-state index contributed by atoms with van der Waals surface area (Å²) in [6.07, 6.45) is 0. The van der Waals surface area contributed by atoms with E-state index < -0.39 is 5.97 Å². The third-order valence-corrected chi connectivity index (χ3v) is 3.97. The summed E-state index contributed by atoms with van der Waals surface area (Å²) in [5, 5.41) is 21.7. The van der Waals surface area contributed by atoms with Crippen molar-refractivity contribution in [3.05, 3.63) is 53.3 Å². The molecule has 0 fully saturated rings. The van der Waals surface area contributed by atoms with Gasteiger partial charge in [-0.3, -0.25) is 0 Å². The maximum absolute atomic E-state index is 11.5. The number of benzene rings is 1. The molecule has 1 unspecified atom stereocenters. The van der Waals surface area contributed by atoms with Crippen LogP contribution in [0.2, 0.25) is 0 Å². The Morgan fingerprint density at radius 1 is 1.26 bits per heavy atom. The normalized spacial score (nSPS) is 12.3. The van der Waals surface area contributed by atoms with Crippen LogP contribution in [0.25, 0.3) is 5.65 Å². The molecule has 0 spiro atoms. The Kier molecular flexibility index (Phi) is 3.69. The van der Waals surface area contributed by atoms with E-state index in [0.717, 1.165) is 5.56 Å². The molecule has 118 valence electrons. The lowest BCUT2D eigenvalue weighted by Gasteiger charge is -2.26. The van der Waals surface area contributed by atoms with Crippen molar-refractivity contribution >= 4 is 17.4 Å². The number of nitrogens with zero attached hydrogens (tertiary/aromatic N) is 5. The lowest BCUT2D eigenvalue weighted by molar-refractivity contribution is 0.0698. The zero-order chi connectivity index (χ0) is 16.6. The van der Waals surface area contributed by atoms with Gasteiger partial charge in [-0.2, -0.15) is 4.52 Å². The number of aromatic nitrogens is 4. The zero-order valence-corrected chi connectivity index (χ0v) is 13.1. The summed E-state index contributed by atoms with van der Waals surface area (Å²) >= 11 is 0. The molecule has 1 aromatic carbocycles. The zero-order valence-electron chi connectivity index (χ0n) is 13.1. The second-order valence-corrected chi connectivity index (χ2v) is 5.40. The first-order valence-corrected chi connectivity index (χ1v) is 7.23. The van der Waals surface area contributed by atoms with Gasteiger partial charge in [0.1, 0.15) is 5.56 Å². The minimum atomic E-state index is -1.05. The van der Waals surface area contributed by atoms with E-state index >= 15 is 0 Å². The highest BCUT2D eigenvalue weighted by atomic mass is 16.4. The molecule has 3 aromatic rings. The molecular formula is C16H17N5O2. The monoisotopic (exact) mass is 311 g/mol. The van der Waals surface area contributed by atoms with Crippen LogP contribution >= 0.6 is 0 Å². The van der Waals surface area contributed by atoms with Crippen LogP contribution in [0.1, 0.15) is 34.7 Å². The smallest absolute Gasteiger partial charge is 0.339 e. The molecule has 1 atom stereocenters. The molecule has 0 radical (unpaired) electrons. The Labute approximate surface area is 133 Å². The van der Waals surface area contributed by atoms with E-state index in [0.29, 0.717) is 11.6 Å². The van der Waals surface area contributed by atoms with Gasteiger partial charge in [0, 0.05) is 13.1 Å². The van der Waals surface area contributed by atoms with Crippen LogP contribution in [-0.2, 0) is 0 Å². The predicted octanol–water partition coefficient (Wildman–Crippen LogP) is 2.33. The summed E-state index contributed by atoms with van der Waals surface area (Å²) in [5.74, 6) is 0.0473. The fourth-order valence-electron chi connectivity index (χ4n) is 2.45. The van der Waals surface area contributed by atoms with Gasteiger partial charge >= 0.3 is 5.97 Å². The molecule has 7 nitrogen and oxygen atoms in total. The Morgan fingerprint density at radius 2 is 1.96 bits per heavy atom. The number of aromatic carboxylic acids is 1. The highest BCUT2D eigenvalue weighted by Crippen LogP contribution is 2.25. The van der Waals surface area contributed by atoms with Gasteiger partial charge < -0.3 is 10.0 Å². The van der Waals surface area contributed by atoms with Gasteiger partial charge in [0.25, 0.3) is 0 Å². The molecular weight excluding hydrogens is 294 g/mol. The van der Waals surface area contributed by atoms with Crippen molar-refractivity contribution < 1.29 is 9.90 Å². The van der Waals surface area contributed by atoms with Gasteiger partial charge in [-0.25, -0.2) is 4.79 Å². The van der Waals surface area contributed by atoms with Crippen LogP contribution in [0.15, 0.2) is 36.4 Å². The average Bonchev–Trinajstić information content (AvgIpc) is 2.94. The standard InChI is InChI=1S/C16H17N5O2/c1-10(12-7-5-4-6-8-12)20(3)14-9-13(16(22)23)15-18-17-11(2)21(15)19-14/h4-10H,1-3H3,(H,22,23). The number of anilines is 1. The molecule has 0 saturated carbocycles. The van der Waals surface area contributed by atoms with Gasteiger partial charge in [-0.15, -0.1) is 15.3 Å². The SMILES string of the molecule is Cc1nnc2c(C(=O)O)cc(N(C)C(C)c3ccccc3)nn12. The molecule has 3 rings (SSSR count). The van der Waals surface area contributed by atoms with Crippen molar-refractivity contribution in [3.8, 4) is 0 Å². The van der Waals surface area contributed by atoms with E-state index in [1.165, 1.54) is 10.6 Å². The van der Waals surface area contributed by atoms with Gasteiger partial charge in [0.2, 0.25) is 0 Å². The second kappa shape index (κ2) is 5.68. The van der Waals surface area contributed by atoms with E-state index in [-0.39, 0.29) is 17.3 Å². The number of aryl methyl sites for hydroxylation is 1. The highest BCUT2D eigenvalue weighted by Gasteiger charge is 2.20. The Morgan fingerprint density at radius 3 is 2.61 bits per heavy atom. The van der Waals surface area contributed by atoms with Crippen molar-refractivity contribution in [3.63, 3.8) is 0 Å². The van der Waals surface area contributed by atoms with E-state index in [9.17, 15) is 9.90 Å². The lowest BCUT2D eigenvalue weighted by Crippen LogP contribution is -2.24. The fourth-order valence-corrected chi connectivity index (χ4v) is 2.45. The van der Waals surface area contributed by atoms with E-state index in [4.69, 9.17) is 0 Å². The first kappa shape index (κ1) is 15.0. The fraction of sp³-hybridized carbons (Fsp3) is 0.250. The Bertz CT molecular complexity index is 860. The van der Waals surface area contributed by atoms with Crippen LogP contribution in [0.5, 0.6) is 0 Å². The molecule has 0 bridgehead atoms. The Balaban J connectivity index is 2.08. The molecule has 23 heavy (non-hydrogen) atoms. The summed E-state index contributed by atoms with van der Waals surface area (Å²) < 4.78 is 1.47. The number of carboxylic acids is 1. The van der Waals surface area contributed by atoms with Crippen molar-refractivity contribution in [1.82, 2.24) is 19.8 Å². The second-order valence-electron chi connectivity index (χ2n) is 5.40. The summed E-state index contributed by atoms with van der Waals surface area (Å²) in [6.45, 7) is 3.78. The van der Waals surface area contributed by atoms with Crippen molar-refractivity contribution in [2.45, 2.75) is 19.9 Å².